The first-order valence-electron chi connectivity index (χ1n) is 6.21. The number of rotatable bonds is 5. The first kappa shape index (κ1) is 12.7. The van der Waals surface area contributed by atoms with Gasteiger partial charge in [-0.3, -0.25) is 9.69 Å². The molecule has 0 aromatic carbocycles. The van der Waals surface area contributed by atoms with Gasteiger partial charge in [0.2, 0.25) is 11.7 Å². The number of aromatic nitrogens is 4. The molecule has 0 spiro atoms. The van der Waals surface area contributed by atoms with Crippen LogP contribution < -0.4 is 5.32 Å². The predicted molar refractivity (Wildman–Crippen MR) is 66.5 cm³/mol. The maximum Gasteiger partial charge on any atom is 0.234 e. The lowest BCUT2D eigenvalue weighted by molar-refractivity contribution is -0.122. The zero-order valence-corrected chi connectivity index (χ0v) is 10.5. The molecule has 0 aliphatic carbocycles. The first-order chi connectivity index (χ1) is 8.79. The fraction of sp³-hybridized carbons (Fsp3) is 0.636. The van der Waals surface area contributed by atoms with Crippen LogP contribution in [0.2, 0.25) is 0 Å². The van der Waals surface area contributed by atoms with Crippen LogP contribution in [0.5, 0.6) is 0 Å². The van der Waals surface area contributed by atoms with Gasteiger partial charge in [0, 0.05) is 25.2 Å². The second-order valence-electron chi connectivity index (χ2n) is 4.31. The lowest BCUT2D eigenvalue weighted by Gasteiger charge is -2.25. The van der Waals surface area contributed by atoms with Crippen molar-refractivity contribution in [1.29, 1.82) is 0 Å². The number of carbonyl (C=O) groups excluding carboxylic acids is 1. The third kappa shape index (κ3) is 3.36. The van der Waals surface area contributed by atoms with Gasteiger partial charge in [-0.15, -0.1) is 10.2 Å². The van der Waals surface area contributed by atoms with Gasteiger partial charge in [0.1, 0.15) is 0 Å². The Morgan fingerprint density at radius 2 is 2.50 bits per heavy atom. The summed E-state index contributed by atoms with van der Waals surface area (Å²) < 4.78 is 0. The number of nitrogens with one attached hydrogen (secondary N) is 2. The van der Waals surface area contributed by atoms with Crippen molar-refractivity contribution in [2.24, 2.45) is 0 Å². The van der Waals surface area contributed by atoms with E-state index in [1.165, 1.54) is 0 Å². The third-order valence-electron chi connectivity index (χ3n) is 2.80. The number of amides is 1. The molecule has 18 heavy (non-hydrogen) atoms. The summed E-state index contributed by atoms with van der Waals surface area (Å²) in [5.41, 5.74) is 1.03. The van der Waals surface area contributed by atoms with Gasteiger partial charge in [0.25, 0.3) is 0 Å². The van der Waals surface area contributed by atoms with Crippen molar-refractivity contribution in [3.05, 3.63) is 11.9 Å². The van der Waals surface area contributed by atoms with E-state index in [0.717, 1.165) is 31.5 Å². The van der Waals surface area contributed by atoms with Gasteiger partial charge >= 0.3 is 0 Å². The maximum atomic E-state index is 11.6. The van der Waals surface area contributed by atoms with Crippen molar-refractivity contribution < 1.29 is 4.79 Å². The highest BCUT2D eigenvalue weighted by Crippen LogP contribution is 2.16. The highest BCUT2D eigenvalue weighted by Gasteiger charge is 2.18. The Hall–Kier alpha value is -1.76. The predicted octanol–water partition coefficient (Wildman–Crippen LogP) is -0.185. The summed E-state index contributed by atoms with van der Waals surface area (Å²) >= 11 is 0. The molecule has 0 saturated carbocycles. The SMILES string of the molecule is CCCNC(=O)CN1CCC=C(c2nn[nH]n2)C1. The van der Waals surface area contributed by atoms with Crippen molar-refractivity contribution in [3.8, 4) is 0 Å². The molecule has 0 bridgehead atoms. The van der Waals surface area contributed by atoms with Gasteiger partial charge in [-0.25, -0.2) is 0 Å². The molecular weight excluding hydrogens is 232 g/mol. The molecule has 2 rings (SSSR count). The molecule has 98 valence electrons. The lowest BCUT2D eigenvalue weighted by atomic mass is 10.1. The van der Waals surface area contributed by atoms with Gasteiger partial charge in [0.15, 0.2) is 0 Å². The molecule has 7 nitrogen and oxygen atoms in total. The Balaban J connectivity index is 1.86. The summed E-state index contributed by atoms with van der Waals surface area (Å²) in [4.78, 5) is 13.7. The first-order valence-corrected chi connectivity index (χ1v) is 6.21. The van der Waals surface area contributed by atoms with E-state index < -0.39 is 0 Å². The van der Waals surface area contributed by atoms with E-state index in [0.29, 0.717) is 18.9 Å². The number of carbonyl (C=O) groups is 1. The van der Waals surface area contributed by atoms with E-state index in [2.05, 4.69) is 36.9 Å². The van der Waals surface area contributed by atoms with Crippen LogP contribution in [0.15, 0.2) is 6.08 Å². The second-order valence-corrected chi connectivity index (χ2v) is 4.31. The minimum Gasteiger partial charge on any atom is -0.355 e. The number of H-pyrrole nitrogens is 1. The fourth-order valence-corrected chi connectivity index (χ4v) is 1.92. The molecular formula is C11H18N6O. The van der Waals surface area contributed by atoms with Crippen LogP contribution in [0.3, 0.4) is 0 Å². The summed E-state index contributed by atoms with van der Waals surface area (Å²) in [5, 5.41) is 16.8. The summed E-state index contributed by atoms with van der Waals surface area (Å²) in [6, 6.07) is 0. The Bertz CT molecular complexity index is 413. The van der Waals surface area contributed by atoms with Crippen LogP contribution in [0.4, 0.5) is 0 Å². The molecule has 7 heteroatoms. The van der Waals surface area contributed by atoms with E-state index in [9.17, 15) is 4.79 Å². The Morgan fingerprint density at radius 3 is 3.22 bits per heavy atom. The third-order valence-corrected chi connectivity index (χ3v) is 2.80. The summed E-state index contributed by atoms with van der Waals surface area (Å²) in [5.74, 6) is 0.694. The van der Waals surface area contributed by atoms with Crippen molar-refractivity contribution in [3.63, 3.8) is 0 Å². The number of nitrogens with zero attached hydrogens (tertiary/aromatic N) is 4. The molecule has 0 atom stereocenters. The number of tetrazole rings is 1. The van der Waals surface area contributed by atoms with Crippen LogP contribution in [-0.2, 0) is 4.79 Å². The van der Waals surface area contributed by atoms with E-state index in [1.54, 1.807) is 0 Å². The molecule has 0 radical (unpaired) electrons. The zero-order chi connectivity index (χ0) is 12.8. The molecule has 1 amide bonds. The van der Waals surface area contributed by atoms with E-state index in [-0.39, 0.29) is 5.91 Å². The van der Waals surface area contributed by atoms with Crippen LogP contribution in [0, 0.1) is 0 Å². The average molecular weight is 250 g/mol. The minimum absolute atomic E-state index is 0.0752. The van der Waals surface area contributed by atoms with Crippen LogP contribution >= 0.6 is 0 Å². The Kier molecular flexibility index (Phi) is 4.40. The van der Waals surface area contributed by atoms with Crippen molar-refractivity contribution >= 4 is 11.5 Å². The normalized spacial score (nSPS) is 16.4. The topological polar surface area (TPSA) is 86.8 Å². The van der Waals surface area contributed by atoms with Crippen LogP contribution in [0.1, 0.15) is 25.6 Å². The summed E-state index contributed by atoms with van der Waals surface area (Å²) in [6.45, 7) is 4.79. The molecule has 2 heterocycles. The van der Waals surface area contributed by atoms with E-state index in [4.69, 9.17) is 0 Å². The van der Waals surface area contributed by atoms with Gasteiger partial charge in [0.05, 0.1) is 6.54 Å². The molecule has 2 N–H and O–H groups in total. The minimum atomic E-state index is 0.0752. The number of aromatic amines is 1. The maximum absolute atomic E-state index is 11.6. The smallest absolute Gasteiger partial charge is 0.234 e. The molecule has 1 aromatic rings. The lowest BCUT2D eigenvalue weighted by Crippen LogP contribution is -2.40. The highest BCUT2D eigenvalue weighted by atomic mass is 16.2. The van der Waals surface area contributed by atoms with Crippen molar-refractivity contribution in [2.75, 3.05) is 26.2 Å². The Morgan fingerprint density at radius 1 is 1.61 bits per heavy atom. The quantitative estimate of drug-likeness (QED) is 0.756. The van der Waals surface area contributed by atoms with Crippen molar-refractivity contribution in [1.82, 2.24) is 30.8 Å². The monoisotopic (exact) mass is 250 g/mol. The zero-order valence-electron chi connectivity index (χ0n) is 10.5. The number of hydrogen-bond acceptors (Lipinski definition) is 5. The Labute approximate surface area is 106 Å². The van der Waals surface area contributed by atoms with Gasteiger partial charge < -0.3 is 5.32 Å². The molecule has 1 aliphatic rings. The van der Waals surface area contributed by atoms with Crippen LogP contribution in [-0.4, -0.2) is 57.6 Å². The standard InChI is InChI=1S/C11H18N6O/c1-2-5-12-10(18)8-17-6-3-4-9(7-17)11-13-15-16-14-11/h4H,2-3,5-8H2,1H3,(H,12,18)(H,13,14,15,16). The number of hydrogen-bond donors (Lipinski definition) is 2. The molecule has 0 saturated heterocycles. The summed E-state index contributed by atoms with van der Waals surface area (Å²) in [6.07, 6.45) is 3.97. The van der Waals surface area contributed by atoms with Crippen molar-refractivity contribution in [2.45, 2.75) is 19.8 Å². The van der Waals surface area contributed by atoms with Gasteiger partial charge in [-0.2, -0.15) is 5.21 Å². The van der Waals surface area contributed by atoms with Gasteiger partial charge in [-0.1, -0.05) is 13.0 Å². The van der Waals surface area contributed by atoms with E-state index >= 15 is 0 Å². The van der Waals surface area contributed by atoms with Gasteiger partial charge in [-0.05, 0) is 18.1 Å². The molecule has 0 unspecified atom stereocenters. The largest absolute Gasteiger partial charge is 0.355 e. The fourth-order valence-electron chi connectivity index (χ4n) is 1.92. The summed E-state index contributed by atoms with van der Waals surface area (Å²) in [7, 11) is 0. The highest BCUT2D eigenvalue weighted by molar-refractivity contribution is 5.78. The van der Waals surface area contributed by atoms with E-state index in [1.807, 2.05) is 6.92 Å². The molecule has 1 aromatic heterocycles. The van der Waals surface area contributed by atoms with Crippen LogP contribution in [0.25, 0.3) is 5.57 Å². The second kappa shape index (κ2) is 6.25. The molecule has 0 fully saturated rings. The average Bonchev–Trinajstić information content (AvgIpc) is 2.90. The molecule has 1 aliphatic heterocycles.